The molecule has 34 heavy (non-hydrogen) atoms. The van der Waals surface area contributed by atoms with Gasteiger partial charge in [0.1, 0.15) is 11.2 Å². The standard InChI is InChI=1S/C25H24ClN5O3/c1-25(2,3)34-24(33)28-14-16-5-7-17(8-6-16)19-10-9-18(26)13-21(19)30-23(32)20-15-29-31-12-4-11-27-22(20)31/h4-13,15H,14H2,1-3H3,(H,28,33)(H,30,32). The van der Waals surface area contributed by atoms with Crippen molar-refractivity contribution < 1.29 is 14.3 Å². The van der Waals surface area contributed by atoms with Gasteiger partial charge in [0.05, 0.1) is 11.9 Å². The number of anilines is 1. The van der Waals surface area contributed by atoms with Crippen LogP contribution in [0, 0.1) is 0 Å². The van der Waals surface area contributed by atoms with Gasteiger partial charge in [0, 0.05) is 29.5 Å². The quantitative estimate of drug-likeness (QED) is 0.405. The second kappa shape index (κ2) is 9.52. The van der Waals surface area contributed by atoms with E-state index in [1.54, 1.807) is 30.6 Å². The molecular formula is C25H24ClN5O3. The molecule has 2 amide bonds. The summed E-state index contributed by atoms with van der Waals surface area (Å²) in [5.41, 5.74) is 3.42. The number of rotatable bonds is 5. The van der Waals surface area contributed by atoms with Crippen LogP contribution in [0.1, 0.15) is 36.7 Å². The lowest BCUT2D eigenvalue weighted by atomic mass is 10.0. The Bertz CT molecular complexity index is 1340. The van der Waals surface area contributed by atoms with Crippen LogP contribution in [0.3, 0.4) is 0 Å². The van der Waals surface area contributed by atoms with E-state index in [0.717, 1.165) is 16.7 Å². The molecule has 0 bridgehead atoms. The Morgan fingerprint density at radius 2 is 1.88 bits per heavy atom. The van der Waals surface area contributed by atoms with Crippen molar-refractivity contribution in [3.63, 3.8) is 0 Å². The maximum absolute atomic E-state index is 13.0. The van der Waals surface area contributed by atoms with E-state index in [0.29, 0.717) is 28.5 Å². The number of amides is 2. The summed E-state index contributed by atoms with van der Waals surface area (Å²) in [5.74, 6) is -0.338. The van der Waals surface area contributed by atoms with Crippen LogP contribution in [0.4, 0.5) is 10.5 Å². The Morgan fingerprint density at radius 3 is 2.62 bits per heavy atom. The average Bonchev–Trinajstić information content (AvgIpc) is 3.22. The van der Waals surface area contributed by atoms with E-state index in [1.165, 1.54) is 10.7 Å². The molecule has 0 saturated carbocycles. The molecule has 174 valence electrons. The van der Waals surface area contributed by atoms with E-state index in [-0.39, 0.29) is 5.91 Å². The molecule has 0 unspecified atom stereocenters. The Labute approximate surface area is 201 Å². The number of carbonyl (C=O) groups is 2. The predicted molar refractivity (Wildman–Crippen MR) is 131 cm³/mol. The van der Waals surface area contributed by atoms with Gasteiger partial charge in [-0.15, -0.1) is 0 Å². The van der Waals surface area contributed by atoms with Crippen LogP contribution in [0.2, 0.25) is 5.02 Å². The summed E-state index contributed by atoms with van der Waals surface area (Å²) in [7, 11) is 0. The molecule has 0 aliphatic carbocycles. The highest BCUT2D eigenvalue weighted by Crippen LogP contribution is 2.31. The first-order valence-corrected chi connectivity index (χ1v) is 11.0. The van der Waals surface area contributed by atoms with E-state index in [4.69, 9.17) is 16.3 Å². The van der Waals surface area contributed by atoms with Gasteiger partial charge >= 0.3 is 6.09 Å². The van der Waals surface area contributed by atoms with Crippen molar-refractivity contribution in [3.8, 4) is 11.1 Å². The molecule has 0 fully saturated rings. The van der Waals surface area contributed by atoms with Crippen LogP contribution in [-0.2, 0) is 11.3 Å². The highest BCUT2D eigenvalue weighted by molar-refractivity contribution is 6.31. The number of nitrogens with zero attached hydrogens (tertiary/aromatic N) is 3. The van der Waals surface area contributed by atoms with Crippen molar-refractivity contribution >= 4 is 34.9 Å². The average molecular weight is 478 g/mol. The summed E-state index contributed by atoms with van der Waals surface area (Å²) in [6.07, 6.45) is 4.34. The molecule has 0 saturated heterocycles. The number of aromatic nitrogens is 3. The second-order valence-electron chi connectivity index (χ2n) is 8.64. The number of nitrogens with one attached hydrogen (secondary N) is 2. The van der Waals surface area contributed by atoms with Gasteiger partial charge in [-0.1, -0.05) is 41.9 Å². The minimum Gasteiger partial charge on any atom is -0.444 e. The summed E-state index contributed by atoms with van der Waals surface area (Å²) in [5, 5.41) is 10.3. The number of alkyl carbamates (subject to hydrolysis) is 1. The summed E-state index contributed by atoms with van der Waals surface area (Å²) in [6, 6.07) is 14.7. The van der Waals surface area contributed by atoms with Crippen molar-refractivity contribution in [1.29, 1.82) is 0 Å². The minimum absolute atomic E-state index is 0.334. The van der Waals surface area contributed by atoms with Crippen LogP contribution < -0.4 is 10.6 Å². The smallest absolute Gasteiger partial charge is 0.407 e. The van der Waals surface area contributed by atoms with E-state index in [1.807, 2.05) is 51.1 Å². The molecule has 2 heterocycles. The molecule has 8 nitrogen and oxygen atoms in total. The highest BCUT2D eigenvalue weighted by Gasteiger charge is 2.17. The molecule has 0 aliphatic rings. The van der Waals surface area contributed by atoms with Gasteiger partial charge in [0.2, 0.25) is 0 Å². The first-order chi connectivity index (χ1) is 16.2. The van der Waals surface area contributed by atoms with Crippen LogP contribution in [0.15, 0.2) is 67.1 Å². The fraction of sp³-hybridized carbons (Fsp3) is 0.200. The van der Waals surface area contributed by atoms with E-state index in [9.17, 15) is 9.59 Å². The molecule has 9 heteroatoms. The van der Waals surface area contributed by atoms with E-state index >= 15 is 0 Å². The van der Waals surface area contributed by atoms with Gasteiger partial charge in [-0.3, -0.25) is 4.79 Å². The zero-order valence-corrected chi connectivity index (χ0v) is 19.8. The van der Waals surface area contributed by atoms with Gasteiger partial charge < -0.3 is 15.4 Å². The number of benzene rings is 2. The van der Waals surface area contributed by atoms with E-state index < -0.39 is 11.7 Å². The number of carbonyl (C=O) groups excluding carboxylic acids is 2. The normalized spacial score (nSPS) is 11.3. The zero-order chi connectivity index (χ0) is 24.3. The van der Waals surface area contributed by atoms with Crippen molar-refractivity contribution in [2.75, 3.05) is 5.32 Å². The molecule has 2 aromatic carbocycles. The predicted octanol–water partition coefficient (Wildman–Crippen LogP) is 5.33. The van der Waals surface area contributed by atoms with Crippen molar-refractivity contribution in [2.24, 2.45) is 0 Å². The number of halogens is 1. The largest absolute Gasteiger partial charge is 0.444 e. The van der Waals surface area contributed by atoms with Crippen LogP contribution >= 0.6 is 11.6 Å². The maximum Gasteiger partial charge on any atom is 0.407 e. The van der Waals surface area contributed by atoms with Gasteiger partial charge in [-0.05, 0) is 50.1 Å². The first-order valence-electron chi connectivity index (χ1n) is 10.6. The summed E-state index contributed by atoms with van der Waals surface area (Å²) < 4.78 is 6.80. The lowest BCUT2D eigenvalue weighted by Gasteiger charge is -2.19. The molecule has 0 aliphatic heterocycles. The van der Waals surface area contributed by atoms with Crippen LogP contribution in [0.5, 0.6) is 0 Å². The number of hydrogen-bond donors (Lipinski definition) is 2. The zero-order valence-electron chi connectivity index (χ0n) is 19.0. The highest BCUT2D eigenvalue weighted by atomic mass is 35.5. The fourth-order valence-corrected chi connectivity index (χ4v) is 3.51. The third-order valence-corrected chi connectivity index (χ3v) is 5.09. The molecule has 0 radical (unpaired) electrons. The lowest BCUT2D eigenvalue weighted by molar-refractivity contribution is 0.0523. The molecule has 2 aromatic heterocycles. The molecule has 0 spiro atoms. The summed E-state index contributed by atoms with van der Waals surface area (Å²) in [4.78, 5) is 29.1. The van der Waals surface area contributed by atoms with Crippen molar-refractivity contribution in [1.82, 2.24) is 19.9 Å². The summed E-state index contributed by atoms with van der Waals surface area (Å²) in [6.45, 7) is 5.78. The van der Waals surface area contributed by atoms with Gasteiger partial charge in [0.15, 0.2) is 5.65 Å². The SMILES string of the molecule is CC(C)(C)OC(=O)NCc1ccc(-c2ccc(Cl)cc2NC(=O)c2cnn3cccnc23)cc1. The summed E-state index contributed by atoms with van der Waals surface area (Å²) >= 11 is 6.22. The third-order valence-electron chi connectivity index (χ3n) is 4.85. The van der Waals surface area contributed by atoms with E-state index in [2.05, 4.69) is 20.7 Å². The minimum atomic E-state index is -0.553. The Morgan fingerprint density at radius 1 is 1.12 bits per heavy atom. The van der Waals surface area contributed by atoms with Gasteiger partial charge in [-0.25, -0.2) is 14.3 Å². The molecule has 4 aromatic rings. The second-order valence-corrected chi connectivity index (χ2v) is 9.08. The van der Waals surface area contributed by atoms with Crippen molar-refractivity contribution in [3.05, 3.63) is 83.3 Å². The number of fused-ring (bicyclic) bond motifs is 1. The van der Waals surface area contributed by atoms with Gasteiger partial charge in [-0.2, -0.15) is 5.10 Å². The topological polar surface area (TPSA) is 97.6 Å². The van der Waals surface area contributed by atoms with Gasteiger partial charge in [0.25, 0.3) is 5.91 Å². The number of ether oxygens (including phenoxy) is 1. The first kappa shape index (κ1) is 23.3. The Balaban J connectivity index is 1.52. The monoisotopic (exact) mass is 477 g/mol. The molecular weight excluding hydrogens is 454 g/mol. The van der Waals surface area contributed by atoms with Crippen molar-refractivity contribution in [2.45, 2.75) is 32.9 Å². The van der Waals surface area contributed by atoms with Crippen LogP contribution in [-0.4, -0.2) is 32.2 Å². The molecule has 0 atom stereocenters. The Hall–Kier alpha value is -3.91. The maximum atomic E-state index is 13.0. The third kappa shape index (κ3) is 5.52. The fourth-order valence-electron chi connectivity index (χ4n) is 3.34. The number of hydrogen-bond acceptors (Lipinski definition) is 5. The molecule has 4 rings (SSSR count). The van der Waals surface area contributed by atoms with Crippen LogP contribution in [0.25, 0.3) is 16.8 Å². The Kier molecular flexibility index (Phi) is 6.51. The lowest BCUT2D eigenvalue weighted by Crippen LogP contribution is -2.32. The molecule has 2 N–H and O–H groups in total.